The van der Waals surface area contributed by atoms with Gasteiger partial charge >= 0.3 is 5.97 Å². The summed E-state index contributed by atoms with van der Waals surface area (Å²) in [5, 5.41) is 32.9. The fourth-order valence-corrected chi connectivity index (χ4v) is 0.937. The van der Waals surface area contributed by atoms with Gasteiger partial charge in [-0.1, -0.05) is 18.2 Å². The summed E-state index contributed by atoms with van der Waals surface area (Å²) in [6.07, 6.45) is -0.612. The maximum atomic E-state index is 10.2. The smallest absolute Gasteiger partial charge is 0.335 e. The van der Waals surface area contributed by atoms with Gasteiger partial charge in [0.15, 0.2) is 0 Å². The number of aromatic carboxylic acids is 1. The number of carboxylic acids is 2. The van der Waals surface area contributed by atoms with E-state index in [1.165, 1.54) is 0 Å². The van der Waals surface area contributed by atoms with Crippen LogP contribution in [0.4, 0.5) is 0 Å². The van der Waals surface area contributed by atoms with Crippen molar-refractivity contribution in [2.24, 2.45) is 0 Å². The molecule has 0 aliphatic heterocycles. The zero-order valence-electron chi connectivity index (χ0n) is 13.0. The molecule has 0 aliphatic rings. The number of hydrogen-bond donors (Lipinski definition) is 4. The predicted molar refractivity (Wildman–Crippen MR) is 80.9 cm³/mol. The maximum Gasteiger partial charge on any atom is 0.335 e. The van der Waals surface area contributed by atoms with Crippen LogP contribution in [0.25, 0.3) is 0 Å². The Hall–Kier alpha value is -1.96. The molecule has 2 unspecified atom stereocenters. The number of aliphatic carboxylic acids is 1. The van der Waals surface area contributed by atoms with Gasteiger partial charge in [-0.25, -0.2) is 4.79 Å². The molecule has 1 rings (SSSR count). The first-order chi connectivity index (χ1) is 10.2. The summed E-state index contributed by atoms with van der Waals surface area (Å²) in [6.45, 7) is 4.78. The van der Waals surface area contributed by atoms with E-state index in [2.05, 4.69) is 0 Å². The first-order valence-corrected chi connectivity index (χ1v) is 6.59. The normalized spacial score (nSPS) is 11.9. The third-order valence-electron chi connectivity index (χ3n) is 1.90. The maximum absolute atomic E-state index is 10.2. The van der Waals surface area contributed by atoms with Gasteiger partial charge < -0.3 is 25.2 Å². The van der Waals surface area contributed by atoms with Crippen LogP contribution in [0.1, 0.15) is 31.1 Å². The lowest BCUT2D eigenvalue weighted by Crippen LogP contribution is -2.19. The van der Waals surface area contributed by atoms with Crippen molar-refractivity contribution in [1.29, 1.82) is 0 Å². The Labute approximate surface area is 129 Å². The van der Waals surface area contributed by atoms with Gasteiger partial charge in [-0.05, 0) is 26.0 Å². The second-order valence-electron chi connectivity index (χ2n) is 4.37. The minimum Gasteiger partial charge on any atom is -0.481 e. The van der Waals surface area contributed by atoms with Crippen LogP contribution in [0.2, 0.25) is 0 Å². The molecule has 0 radical (unpaired) electrons. The third kappa shape index (κ3) is 18.0. The Morgan fingerprint density at radius 3 is 1.86 bits per heavy atom. The van der Waals surface area contributed by atoms with E-state index in [1.54, 1.807) is 44.2 Å². The highest BCUT2D eigenvalue weighted by molar-refractivity contribution is 5.87. The average Bonchev–Trinajstić information content (AvgIpc) is 2.45. The Bertz CT molecular complexity index is 400. The predicted octanol–water partition coefficient (Wildman–Crippen LogP) is 1.24. The first kappa shape index (κ1) is 22.3. The third-order valence-corrected chi connectivity index (χ3v) is 1.90. The van der Waals surface area contributed by atoms with Crippen molar-refractivity contribution in [3.8, 4) is 0 Å². The molecule has 0 heterocycles. The second-order valence-corrected chi connectivity index (χ2v) is 4.37. The molecule has 0 aliphatic carbocycles. The number of rotatable bonds is 5. The van der Waals surface area contributed by atoms with Gasteiger partial charge in [-0.15, -0.1) is 0 Å². The van der Waals surface area contributed by atoms with Crippen LogP contribution in [0.15, 0.2) is 30.3 Å². The van der Waals surface area contributed by atoms with Crippen molar-refractivity contribution >= 4 is 11.9 Å². The summed E-state index contributed by atoms with van der Waals surface area (Å²) in [6, 6.07) is 8.30. The van der Waals surface area contributed by atoms with Crippen LogP contribution < -0.4 is 0 Å². The zero-order chi connectivity index (χ0) is 17.5. The summed E-state index contributed by atoms with van der Waals surface area (Å²) in [5.74, 6) is -1.71. The van der Waals surface area contributed by atoms with Crippen LogP contribution in [0.3, 0.4) is 0 Å². The van der Waals surface area contributed by atoms with Crippen molar-refractivity contribution in [3.63, 3.8) is 0 Å². The van der Waals surface area contributed by atoms with Crippen molar-refractivity contribution in [2.45, 2.75) is 33.0 Å². The number of carbonyl (C=O) groups is 2. The Morgan fingerprint density at radius 1 is 1.14 bits per heavy atom. The van der Waals surface area contributed by atoms with Gasteiger partial charge in [0, 0.05) is 6.92 Å². The van der Waals surface area contributed by atoms with E-state index in [1.807, 2.05) is 0 Å². The molecule has 7 nitrogen and oxygen atoms in total. The number of ether oxygens (including phenoxy) is 1. The molecule has 0 aromatic heterocycles. The SMILES string of the molecule is CC(=O)O.CC(O)COC(C)CO.O=C(O)c1ccccc1. The summed E-state index contributed by atoms with van der Waals surface area (Å²) in [4.78, 5) is 19.2. The van der Waals surface area contributed by atoms with Gasteiger partial charge in [0.1, 0.15) is 0 Å². The largest absolute Gasteiger partial charge is 0.481 e. The number of hydrogen-bond acceptors (Lipinski definition) is 5. The van der Waals surface area contributed by atoms with Gasteiger partial charge in [0.2, 0.25) is 0 Å². The van der Waals surface area contributed by atoms with Crippen LogP contribution in [-0.4, -0.2) is 57.8 Å². The Morgan fingerprint density at radius 2 is 1.59 bits per heavy atom. The quantitative estimate of drug-likeness (QED) is 0.644. The van der Waals surface area contributed by atoms with Crippen LogP contribution >= 0.6 is 0 Å². The molecule has 0 fully saturated rings. The van der Waals surface area contributed by atoms with Crippen molar-refractivity contribution in [3.05, 3.63) is 35.9 Å². The van der Waals surface area contributed by atoms with Gasteiger partial charge in [0.05, 0.1) is 31.0 Å². The molecule has 0 saturated heterocycles. The zero-order valence-corrected chi connectivity index (χ0v) is 13.0. The average molecular weight is 316 g/mol. The first-order valence-electron chi connectivity index (χ1n) is 6.59. The lowest BCUT2D eigenvalue weighted by Gasteiger charge is -2.10. The van der Waals surface area contributed by atoms with Crippen molar-refractivity contribution in [2.75, 3.05) is 13.2 Å². The number of aliphatic hydroxyl groups excluding tert-OH is 2. The molecule has 0 amide bonds. The minimum absolute atomic E-state index is 0.00667. The molecule has 126 valence electrons. The molecule has 0 saturated carbocycles. The number of benzene rings is 1. The molecule has 2 atom stereocenters. The molecule has 0 spiro atoms. The van der Waals surface area contributed by atoms with E-state index >= 15 is 0 Å². The van der Waals surface area contributed by atoms with Gasteiger partial charge in [0.25, 0.3) is 5.97 Å². The topological polar surface area (TPSA) is 124 Å². The van der Waals surface area contributed by atoms with E-state index in [0.717, 1.165) is 6.92 Å². The molecule has 1 aromatic carbocycles. The fourth-order valence-electron chi connectivity index (χ4n) is 0.937. The van der Waals surface area contributed by atoms with E-state index in [9.17, 15) is 4.79 Å². The molecule has 7 heteroatoms. The van der Waals surface area contributed by atoms with Crippen molar-refractivity contribution < 1.29 is 34.8 Å². The summed E-state index contributed by atoms with van der Waals surface area (Å²) in [5.41, 5.74) is 0.331. The van der Waals surface area contributed by atoms with Crippen molar-refractivity contribution in [1.82, 2.24) is 0 Å². The summed E-state index contributed by atoms with van der Waals surface area (Å²) < 4.78 is 4.95. The highest BCUT2D eigenvalue weighted by atomic mass is 16.5. The highest BCUT2D eigenvalue weighted by Gasteiger charge is 2.00. The highest BCUT2D eigenvalue weighted by Crippen LogP contribution is 1.96. The Balaban J connectivity index is 0. The fraction of sp³-hybridized carbons (Fsp3) is 0.467. The molecule has 1 aromatic rings. The number of carboxylic acid groups (broad SMARTS) is 2. The molecule has 22 heavy (non-hydrogen) atoms. The Kier molecular flexibility index (Phi) is 14.2. The second kappa shape index (κ2) is 14.0. The van der Waals surface area contributed by atoms with E-state index < -0.39 is 18.0 Å². The van der Waals surface area contributed by atoms with E-state index in [-0.39, 0.29) is 12.7 Å². The number of aliphatic hydroxyl groups is 2. The van der Waals surface area contributed by atoms with Gasteiger partial charge in [-0.3, -0.25) is 4.79 Å². The molecular weight excluding hydrogens is 292 g/mol. The molecule has 4 N–H and O–H groups in total. The van der Waals surface area contributed by atoms with Crippen LogP contribution in [0.5, 0.6) is 0 Å². The minimum atomic E-state index is -0.879. The standard InChI is InChI=1S/C7H6O2.C6H14O3.C2H4O2/c8-7(9)6-4-2-1-3-5-6;1-5(8)4-9-6(2)3-7;1-2(3)4/h1-5H,(H,8,9);5-8H,3-4H2,1-2H3;1H3,(H,3,4). The summed E-state index contributed by atoms with van der Waals surface area (Å²) in [7, 11) is 0. The van der Waals surface area contributed by atoms with Crippen LogP contribution in [-0.2, 0) is 9.53 Å². The van der Waals surface area contributed by atoms with Gasteiger partial charge in [-0.2, -0.15) is 0 Å². The van der Waals surface area contributed by atoms with E-state index in [0.29, 0.717) is 12.2 Å². The molecular formula is C15H24O7. The lowest BCUT2D eigenvalue weighted by atomic mass is 10.2. The lowest BCUT2D eigenvalue weighted by molar-refractivity contribution is -0.134. The van der Waals surface area contributed by atoms with E-state index in [4.69, 9.17) is 30.0 Å². The summed E-state index contributed by atoms with van der Waals surface area (Å²) >= 11 is 0. The molecule has 0 bridgehead atoms. The monoisotopic (exact) mass is 316 g/mol. The van der Waals surface area contributed by atoms with Crippen LogP contribution in [0, 0.1) is 0 Å².